The summed E-state index contributed by atoms with van der Waals surface area (Å²) in [4.78, 5) is 24.0. The van der Waals surface area contributed by atoms with E-state index in [1.54, 1.807) is 42.2 Å². The van der Waals surface area contributed by atoms with Crippen molar-refractivity contribution in [1.82, 2.24) is 15.1 Å². The van der Waals surface area contributed by atoms with Crippen LogP contribution >= 0.6 is 0 Å². The molecule has 0 aliphatic heterocycles. The average molecular weight is 286 g/mol. The topological polar surface area (TPSA) is 90.0 Å². The molecule has 21 heavy (non-hydrogen) atoms. The lowest BCUT2D eigenvalue weighted by Crippen LogP contribution is -2.57. The van der Waals surface area contributed by atoms with Crippen LogP contribution in [0.25, 0.3) is 0 Å². The number of carbonyl (C=O) groups is 2. The second-order valence-electron chi connectivity index (χ2n) is 5.22. The lowest BCUT2D eigenvalue weighted by atomic mass is 10.0. The standard InChI is InChI=1S/C15H18N4O2/c1-11-4-6-12(7-5-11)13(20)18-15(2,14(16)21)10-19-9-3-8-17-19/h3-9H,10H2,1-2H3,(H2,16,21)(H,18,20). The molecule has 0 saturated carbocycles. The van der Waals surface area contributed by atoms with Gasteiger partial charge in [-0.15, -0.1) is 0 Å². The molecule has 0 aliphatic rings. The van der Waals surface area contributed by atoms with Crippen LogP contribution < -0.4 is 11.1 Å². The number of hydrogen-bond donors (Lipinski definition) is 2. The summed E-state index contributed by atoms with van der Waals surface area (Å²) in [5.74, 6) is -0.957. The summed E-state index contributed by atoms with van der Waals surface area (Å²) in [6.07, 6.45) is 3.31. The third kappa shape index (κ3) is 3.47. The second-order valence-corrected chi connectivity index (χ2v) is 5.22. The summed E-state index contributed by atoms with van der Waals surface area (Å²) < 4.78 is 1.56. The van der Waals surface area contributed by atoms with Crippen molar-refractivity contribution in [2.75, 3.05) is 0 Å². The van der Waals surface area contributed by atoms with E-state index in [0.717, 1.165) is 5.56 Å². The van der Waals surface area contributed by atoms with Gasteiger partial charge in [-0.1, -0.05) is 17.7 Å². The Bertz CT molecular complexity index is 634. The zero-order valence-electron chi connectivity index (χ0n) is 12.0. The molecular formula is C15H18N4O2. The van der Waals surface area contributed by atoms with E-state index in [2.05, 4.69) is 10.4 Å². The molecule has 6 nitrogen and oxygen atoms in total. The Hall–Kier alpha value is -2.63. The Balaban J connectivity index is 2.17. The van der Waals surface area contributed by atoms with Gasteiger partial charge in [0.2, 0.25) is 5.91 Å². The minimum Gasteiger partial charge on any atom is -0.368 e. The van der Waals surface area contributed by atoms with Gasteiger partial charge in [-0.2, -0.15) is 5.10 Å². The van der Waals surface area contributed by atoms with Gasteiger partial charge in [0.1, 0.15) is 5.54 Å². The summed E-state index contributed by atoms with van der Waals surface area (Å²) in [6.45, 7) is 3.70. The number of carbonyl (C=O) groups excluding carboxylic acids is 2. The summed E-state index contributed by atoms with van der Waals surface area (Å²) in [5.41, 5.74) is 5.77. The number of nitrogens with one attached hydrogen (secondary N) is 1. The van der Waals surface area contributed by atoms with E-state index < -0.39 is 11.4 Å². The van der Waals surface area contributed by atoms with Gasteiger partial charge in [0, 0.05) is 18.0 Å². The number of rotatable bonds is 5. The van der Waals surface area contributed by atoms with E-state index in [-0.39, 0.29) is 12.5 Å². The normalized spacial score (nSPS) is 13.4. The molecule has 0 aliphatic carbocycles. The Morgan fingerprint density at radius 1 is 1.33 bits per heavy atom. The minimum absolute atomic E-state index is 0.174. The van der Waals surface area contributed by atoms with Crippen molar-refractivity contribution in [2.45, 2.75) is 25.9 Å². The van der Waals surface area contributed by atoms with Crippen LogP contribution in [-0.2, 0) is 11.3 Å². The smallest absolute Gasteiger partial charge is 0.252 e. The van der Waals surface area contributed by atoms with E-state index in [9.17, 15) is 9.59 Å². The SMILES string of the molecule is Cc1ccc(C(=O)NC(C)(Cn2cccn2)C(N)=O)cc1. The van der Waals surface area contributed by atoms with Crippen LogP contribution in [0.1, 0.15) is 22.8 Å². The summed E-state index contributed by atoms with van der Waals surface area (Å²) in [5, 5.41) is 6.73. The van der Waals surface area contributed by atoms with Crippen molar-refractivity contribution in [1.29, 1.82) is 0 Å². The number of nitrogens with zero attached hydrogens (tertiary/aromatic N) is 2. The lowest BCUT2D eigenvalue weighted by Gasteiger charge is -2.27. The number of aryl methyl sites for hydroxylation is 1. The molecule has 1 unspecified atom stereocenters. The van der Waals surface area contributed by atoms with E-state index in [0.29, 0.717) is 5.56 Å². The molecule has 110 valence electrons. The van der Waals surface area contributed by atoms with E-state index in [1.807, 2.05) is 19.1 Å². The number of nitrogens with two attached hydrogens (primary N) is 1. The van der Waals surface area contributed by atoms with Crippen molar-refractivity contribution < 1.29 is 9.59 Å². The minimum atomic E-state index is -1.21. The molecule has 0 saturated heterocycles. The summed E-state index contributed by atoms with van der Waals surface area (Å²) in [6, 6.07) is 8.83. The predicted octanol–water partition coefficient (Wildman–Crippen LogP) is 0.866. The summed E-state index contributed by atoms with van der Waals surface area (Å²) >= 11 is 0. The van der Waals surface area contributed by atoms with Gasteiger partial charge < -0.3 is 11.1 Å². The van der Waals surface area contributed by atoms with Crippen LogP contribution in [0.2, 0.25) is 0 Å². The van der Waals surface area contributed by atoms with Crippen molar-refractivity contribution in [3.8, 4) is 0 Å². The molecule has 2 rings (SSSR count). The van der Waals surface area contributed by atoms with Gasteiger partial charge in [-0.05, 0) is 32.0 Å². The van der Waals surface area contributed by atoms with Crippen LogP contribution in [0.5, 0.6) is 0 Å². The molecule has 0 radical (unpaired) electrons. The van der Waals surface area contributed by atoms with Gasteiger partial charge in [0.15, 0.2) is 0 Å². The highest BCUT2D eigenvalue weighted by molar-refractivity contribution is 5.98. The highest BCUT2D eigenvalue weighted by Gasteiger charge is 2.34. The third-order valence-corrected chi connectivity index (χ3v) is 3.28. The van der Waals surface area contributed by atoms with Crippen LogP contribution in [0, 0.1) is 6.92 Å². The summed E-state index contributed by atoms with van der Waals surface area (Å²) in [7, 11) is 0. The van der Waals surface area contributed by atoms with Crippen LogP contribution in [-0.4, -0.2) is 27.1 Å². The molecule has 1 aromatic carbocycles. The van der Waals surface area contributed by atoms with Crippen molar-refractivity contribution in [2.24, 2.45) is 5.73 Å². The maximum absolute atomic E-state index is 12.3. The zero-order chi connectivity index (χ0) is 15.5. The maximum Gasteiger partial charge on any atom is 0.252 e. The van der Waals surface area contributed by atoms with Gasteiger partial charge >= 0.3 is 0 Å². The second kappa shape index (κ2) is 5.78. The molecule has 1 heterocycles. The van der Waals surface area contributed by atoms with E-state index in [4.69, 9.17) is 5.73 Å². The maximum atomic E-state index is 12.3. The number of amides is 2. The van der Waals surface area contributed by atoms with Crippen LogP contribution in [0.4, 0.5) is 0 Å². The van der Waals surface area contributed by atoms with Gasteiger partial charge in [-0.25, -0.2) is 0 Å². The van der Waals surface area contributed by atoms with Gasteiger partial charge in [0.05, 0.1) is 6.54 Å². The van der Waals surface area contributed by atoms with E-state index in [1.165, 1.54) is 0 Å². The first-order chi connectivity index (χ1) is 9.90. The van der Waals surface area contributed by atoms with Crippen LogP contribution in [0.3, 0.4) is 0 Å². The molecule has 0 bridgehead atoms. The number of aromatic nitrogens is 2. The first-order valence-electron chi connectivity index (χ1n) is 6.57. The number of benzene rings is 1. The Morgan fingerprint density at radius 2 is 2.00 bits per heavy atom. The first kappa shape index (κ1) is 14.8. The lowest BCUT2D eigenvalue weighted by molar-refractivity contribution is -0.124. The molecule has 2 aromatic rings. The van der Waals surface area contributed by atoms with E-state index >= 15 is 0 Å². The Kier molecular flexibility index (Phi) is 4.07. The molecule has 1 aromatic heterocycles. The average Bonchev–Trinajstić information content (AvgIpc) is 2.91. The Morgan fingerprint density at radius 3 is 2.52 bits per heavy atom. The third-order valence-electron chi connectivity index (χ3n) is 3.28. The largest absolute Gasteiger partial charge is 0.368 e. The molecule has 3 N–H and O–H groups in total. The molecule has 0 spiro atoms. The predicted molar refractivity (Wildman–Crippen MR) is 78.5 cm³/mol. The number of primary amides is 1. The first-order valence-corrected chi connectivity index (χ1v) is 6.57. The highest BCUT2D eigenvalue weighted by Crippen LogP contribution is 2.10. The van der Waals surface area contributed by atoms with Crippen LogP contribution in [0.15, 0.2) is 42.7 Å². The fourth-order valence-corrected chi connectivity index (χ4v) is 1.92. The fourth-order valence-electron chi connectivity index (χ4n) is 1.92. The highest BCUT2D eigenvalue weighted by atomic mass is 16.2. The molecule has 0 fully saturated rings. The zero-order valence-corrected chi connectivity index (χ0v) is 12.0. The van der Waals surface area contributed by atoms with Gasteiger partial charge in [-0.3, -0.25) is 14.3 Å². The quantitative estimate of drug-likeness (QED) is 0.854. The molecule has 1 atom stereocenters. The number of hydrogen-bond acceptors (Lipinski definition) is 3. The van der Waals surface area contributed by atoms with Crippen molar-refractivity contribution >= 4 is 11.8 Å². The molecular weight excluding hydrogens is 268 g/mol. The van der Waals surface area contributed by atoms with Crippen molar-refractivity contribution in [3.63, 3.8) is 0 Å². The van der Waals surface area contributed by atoms with Crippen molar-refractivity contribution in [3.05, 3.63) is 53.9 Å². The molecule has 2 amide bonds. The molecule has 6 heteroatoms. The Labute approximate surface area is 122 Å². The van der Waals surface area contributed by atoms with Gasteiger partial charge in [0.25, 0.3) is 5.91 Å². The fraction of sp³-hybridized carbons (Fsp3) is 0.267. The monoisotopic (exact) mass is 286 g/mol.